The topological polar surface area (TPSA) is 28.5 Å². The van der Waals surface area contributed by atoms with Crippen LogP contribution in [0.15, 0.2) is 0 Å². The summed E-state index contributed by atoms with van der Waals surface area (Å²) in [6.07, 6.45) is -4.32. The molecule has 6 heteroatoms. The molecule has 1 atom stereocenters. The van der Waals surface area contributed by atoms with Gasteiger partial charge in [-0.15, -0.1) is 11.6 Å². The van der Waals surface area contributed by atoms with Gasteiger partial charge in [-0.2, -0.15) is 13.2 Å². The van der Waals surface area contributed by atoms with Crippen LogP contribution in [0.1, 0.15) is 0 Å². The molecule has 0 heterocycles. The molecule has 0 aromatic heterocycles. The second kappa shape index (κ2) is 3.53. The fraction of sp³-hybridized carbons (Fsp3) is 1.00. The molecule has 0 fully saturated rings. The SMILES string of the molecule is FC(F)(F)C(Cl)Br.[O]. The molecule has 0 N–H and O–H groups in total. The summed E-state index contributed by atoms with van der Waals surface area (Å²) in [7, 11) is 0. The summed E-state index contributed by atoms with van der Waals surface area (Å²) in [6.45, 7) is 0. The van der Waals surface area contributed by atoms with E-state index in [-0.39, 0.29) is 5.48 Å². The van der Waals surface area contributed by atoms with Gasteiger partial charge in [0.1, 0.15) is 0 Å². The van der Waals surface area contributed by atoms with E-state index in [1.807, 2.05) is 0 Å². The van der Waals surface area contributed by atoms with Gasteiger partial charge in [0.15, 0.2) is 4.29 Å². The Balaban J connectivity index is 0. The number of hydrogen-bond donors (Lipinski definition) is 0. The molecule has 50 valence electrons. The van der Waals surface area contributed by atoms with Crippen LogP contribution >= 0.6 is 27.5 Å². The summed E-state index contributed by atoms with van der Waals surface area (Å²) >= 11 is 6.68. The Morgan fingerprint density at radius 1 is 1.38 bits per heavy atom. The van der Waals surface area contributed by atoms with Crippen molar-refractivity contribution in [2.75, 3.05) is 0 Å². The van der Waals surface area contributed by atoms with Gasteiger partial charge in [-0.05, 0) is 0 Å². The van der Waals surface area contributed by atoms with Crippen molar-refractivity contribution >= 4 is 27.5 Å². The Labute approximate surface area is 57.3 Å². The first kappa shape index (κ1) is 11.3. The van der Waals surface area contributed by atoms with Crippen molar-refractivity contribution in [2.45, 2.75) is 10.5 Å². The minimum atomic E-state index is -4.32. The highest BCUT2D eigenvalue weighted by atomic mass is 79.9. The molecule has 0 aromatic carbocycles. The highest BCUT2D eigenvalue weighted by Gasteiger charge is 2.35. The molecule has 2 radical (unpaired) electrons. The van der Waals surface area contributed by atoms with Crippen LogP contribution < -0.4 is 0 Å². The van der Waals surface area contributed by atoms with Crippen molar-refractivity contribution in [3.8, 4) is 0 Å². The maximum Gasteiger partial charge on any atom is 0.414 e. The van der Waals surface area contributed by atoms with Crippen LogP contribution in [0.3, 0.4) is 0 Å². The molecule has 0 spiro atoms. The molecule has 0 aliphatic carbocycles. The molecule has 0 amide bonds. The van der Waals surface area contributed by atoms with Crippen LogP contribution in [0, 0.1) is 0 Å². The second-order valence-electron chi connectivity index (χ2n) is 0.842. The monoisotopic (exact) mass is 212 g/mol. The standard InChI is InChI=1S/C2HBrClF3.O/c3-1(4)2(5,6)7;/h1H;. The molecule has 0 aromatic rings. The minimum Gasteiger partial charge on any atom is -0.168 e. The van der Waals surface area contributed by atoms with E-state index in [0.717, 1.165) is 0 Å². The number of alkyl halides is 5. The summed E-state index contributed by atoms with van der Waals surface area (Å²) in [6, 6.07) is 0. The zero-order chi connectivity index (χ0) is 6.08. The molecule has 0 saturated carbocycles. The van der Waals surface area contributed by atoms with E-state index >= 15 is 0 Å². The van der Waals surface area contributed by atoms with Gasteiger partial charge in [0.2, 0.25) is 0 Å². The largest absolute Gasteiger partial charge is 0.414 e. The van der Waals surface area contributed by atoms with Crippen molar-refractivity contribution in [3.05, 3.63) is 0 Å². The van der Waals surface area contributed by atoms with Crippen molar-refractivity contribution in [2.24, 2.45) is 0 Å². The van der Waals surface area contributed by atoms with Gasteiger partial charge in [0, 0.05) is 5.48 Å². The van der Waals surface area contributed by atoms with Gasteiger partial charge in [-0.1, -0.05) is 15.9 Å². The average molecular weight is 213 g/mol. The second-order valence-corrected chi connectivity index (χ2v) is 2.72. The Morgan fingerprint density at radius 2 is 1.50 bits per heavy atom. The Bertz CT molecular complexity index is 62.8. The first-order chi connectivity index (χ1) is 2.94. The van der Waals surface area contributed by atoms with Crippen LogP contribution in [-0.2, 0) is 5.48 Å². The molecular formula is C2HBrClF3O. The van der Waals surface area contributed by atoms with E-state index in [1.54, 1.807) is 0 Å². The molecule has 1 nitrogen and oxygen atoms in total. The van der Waals surface area contributed by atoms with Gasteiger partial charge >= 0.3 is 6.18 Å². The molecule has 0 aliphatic heterocycles. The zero-order valence-electron chi connectivity index (χ0n) is 3.38. The maximum absolute atomic E-state index is 11.0. The third-order valence-electron chi connectivity index (χ3n) is 0.247. The van der Waals surface area contributed by atoms with Crippen LogP contribution in [0.2, 0.25) is 0 Å². The van der Waals surface area contributed by atoms with Crippen LogP contribution in [0.25, 0.3) is 0 Å². The van der Waals surface area contributed by atoms with Gasteiger partial charge in [0.25, 0.3) is 0 Å². The van der Waals surface area contributed by atoms with Crippen LogP contribution in [-0.4, -0.2) is 10.5 Å². The Morgan fingerprint density at radius 3 is 1.50 bits per heavy atom. The molecule has 0 bridgehead atoms. The summed E-state index contributed by atoms with van der Waals surface area (Å²) in [5.74, 6) is 0. The van der Waals surface area contributed by atoms with Gasteiger partial charge in [-0.3, -0.25) is 0 Å². The molecule has 0 rings (SSSR count). The number of hydrogen-bond acceptors (Lipinski definition) is 0. The van der Waals surface area contributed by atoms with Crippen molar-refractivity contribution in [1.82, 2.24) is 0 Å². The highest BCUT2D eigenvalue weighted by molar-refractivity contribution is 9.10. The summed E-state index contributed by atoms with van der Waals surface area (Å²) < 4.78 is 31.1. The summed E-state index contributed by atoms with van der Waals surface area (Å²) in [4.78, 5) is 0. The lowest BCUT2D eigenvalue weighted by Gasteiger charge is -2.03. The number of halogens is 5. The van der Waals surface area contributed by atoms with Gasteiger partial charge in [0.05, 0.1) is 0 Å². The third-order valence-corrected chi connectivity index (χ3v) is 1.01. The van der Waals surface area contributed by atoms with E-state index in [1.165, 1.54) is 0 Å². The van der Waals surface area contributed by atoms with E-state index in [9.17, 15) is 13.2 Å². The fourth-order valence-electron chi connectivity index (χ4n) is 0. The van der Waals surface area contributed by atoms with Crippen molar-refractivity contribution < 1.29 is 18.6 Å². The molecule has 8 heavy (non-hydrogen) atoms. The lowest BCUT2D eigenvalue weighted by atomic mass is 10.8. The lowest BCUT2D eigenvalue weighted by Crippen LogP contribution is -2.16. The predicted molar refractivity (Wildman–Crippen MR) is 25.3 cm³/mol. The van der Waals surface area contributed by atoms with E-state index in [0.29, 0.717) is 0 Å². The molecule has 0 saturated heterocycles. The maximum atomic E-state index is 11.0. The third kappa shape index (κ3) is 4.67. The molecular weight excluding hydrogens is 212 g/mol. The van der Waals surface area contributed by atoms with E-state index in [2.05, 4.69) is 27.5 Å². The predicted octanol–water partition coefficient (Wildman–Crippen LogP) is 2.39. The van der Waals surface area contributed by atoms with Crippen LogP contribution in [0.4, 0.5) is 13.2 Å². The van der Waals surface area contributed by atoms with Crippen molar-refractivity contribution in [3.63, 3.8) is 0 Å². The zero-order valence-corrected chi connectivity index (χ0v) is 5.72. The van der Waals surface area contributed by atoms with Crippen LogP contribution in [0.5, 0.6) is 0 Å². The first-order valence-electron chi connectivity index (χ1n) is 1.29. The van der Waals surface area contributed by atoms with E-state index in [4.69, 9.17) is 0 Å². The molecule has 0 aliphatic rings. The summed E-state index contributed by atoms with van der Waals surface area (Å²) in [5.41, 5.74) is 0. The average Bonchev–Trinajstić information content (AvgIpc) is 1.31. The van der Waals surface area contributed by atoms with E-state index < -0.39 is 10.5 Å². The Hall–Kier alpha value is 0.520. The van der Waals surface area contributed by atoms with Gasteiger partial charge < -0.3 is 0 Å². The first-order valence-corrected chi connectivity index (χ1v) is 2.64. The smallest absolute Gasteiger partial charge is 0.168 e. The van der Waals surface area contributed by atoms with Crippen molar-refractivity contribution in [1.29, 1.82) is 0 Å². The normalized spacial score (nSPS) is 14.6. The highest BCUT2D eigenvalue weighted by Crippen LogP contribution is 2.28. The fourth-order valence-corrected chi connectivity index (χ4v) is 0. The summed E-state index contributed by atoms with van der Waals surface area (Å²) in [5, 5.41) is 0. The lowest BCUT2D eigenvalue weighted by molar-refractivity contribution is -0.112. The quantitative estimate of drug-likeness (QED) is 0.553. The Kier molecular flexibility index (Phi) is 5.00. The molecule has 1 unspecified atom stereocenters. The number of rotatable bonds is 0. The minimum absolute atomic E-state index is 0. The van der Waals surface area contributed by atoms with Gasteiger partial charge in [-0.25, -0.2) is 0 Å².